The largest absolute Gasteiger partial charge is 0.424 e. The minimum absolute atomic E-state index is 0.0377. The van der Waals surface area contributed by atoms with Crippen molar-refractivity contribution in [1.82, 2.24) is 20.5 Å². The third-order valence-corrected chi connectivity index (χ3v) is 5.04. The maximum Gasteiger partial charge on any atom is 0.252 e. The zero-order valence-electron chi connectivity index (χ0n) is 14.0. The second kappa shape index (κ2) is 6.48. The fraction of sp³-hybridized carbons (Fsp3) is 0.333. The number of amides is 1. The van der Waals surface area contributed by atoms with Gasteiger partial charge in [0.25, 0.3) is 5.91 Å². The van der Waals surface area contributed by atoms with Gasteiger partial charge < -0.3 is 9.73 Å². The molecule has 0 spiro atoms. The fourth-order valence-electron chi connectivity index (χ4n) is 2.60. The highest BCUT2D eigenvalue weighted by atomic mass is 32.2. The smallest absolute Gasteiger partial charge is 0.252 e. The van der Waals surface area contributed by atoms with E-state index in [1.54, 1.807) is 6.92 Å². The number of fused-ring (bicyclic) bond motifs is 1. The average molecular weight is 354 g/mol. The number of pyridine rings is 1. The van der Waals surface area contributed by atoms with Crippen LogP contribution in [0.5, 0.6) is 0 Å². The first kappa shape index (κ1) is 16.1. The second-order valence-corrected chi connectivity index (χ2v) is 7.55. The van der Waals surface area contributed by atoms with E-state index in [1.807, 2.05) is 37.3 Å². The van der Waals surface area contributed by atoms with E-state index in [2.05, 4.69) is 20.5 Å². The maximum atomic E-state index is 12.6. The Kier molecular flexibility index (Phi) is 4.17. The number of nitrogens with one attached hydrogen (secondary N) is 1. The Morgan fingerprint density at radius 2 is 2.12 bits per heavy atom. The molecule has 1 atom stereocenters. The van der Waals surface area contributed by atoms with E-state index in [-0.39, 0.29) is 11.2 Å². The summed E-state index contributed by atoms with van der Waals surface area (Å²) >= 11 is 1.50. The highest BCUT2D eigenvalue weighted by Gasteiger charge is 2.25. The fourth-order valence-corrected chi connectivity index (χ4v) is 3.49. The Morgan fingerprint density at radius 3 is 2.84 bits per heavy atom. The van der Waals surface area contributed by atoms with Crippen LogP contribution in [0.2, 0.25) is 0 Å². The lowest BCUT2D eigenvalue weighted by Crippen LogP contribution is -2.25. The van der Waals surface area contributed by atoms with Crippen molar-refractivity contribution >= 4 is 28.6 Å². The quantitative estimate of drug-likeness (QED) is 0.704. The molecule has 128 valence electrons. The lowest BCUT2D eigenvalue weighted by atomic mass is 10.1. The number of nitrogens with zero attached hydrogens (tertiary/aromatic N) is 3. The van der Waals surface area contributed by atoms with E-state index in [0.717, 1.165) is 28.8 Å². The van der Waals surface area contributed by atoms with Gasteiger partial charge >= 0.3 is 0 Å². The Morgan fingerprint density at radius 1 is 1.32 bits per heavy atom. The molecule has 0 radical (unpaired) electrons. The number of hydrogen-bond acceptors (Lipinski definition) is 6. The van der Waals surface area contributed by atoms with Crippen LogP contribution in [-0.2, 0) is 0 Å². The molecule has 0 aliphatic heterocycles. The molecule has 0 bridgehead atoms. The molecule has 1 fully saturated rings. The first-order valence-electron chi connectivity index (χ1n) is 8.27. The minimum atomic E-state index is -0.0470. The average Bonchev–Trinajstić information content (AvgIpc) is 3.31. The topological polar surface area (TPSA) is 80.9 Å². The zero-order chi connectivity index (χ0) is 17.4. The van der Waals surface area contributed by atoms with Crippen molar-refractivity contribution < 1.29 is 9.21 Å². The molecule has 2 aromatic heterocycles. The molecule has 1 aromatic carbocycles. The number of thioether (sulfide) groups is 1. The van der Waals surface area contributed by atoms with Gasteiger partial charge in [-0.05, 0) is 31.9 Å². The van der Waals surface area contributed by atoms with E-state index >= 15 is 0 Å². The van der Waals surface area contributed by atoms with Gasteiger partial charge in [0.1, 0.15) is 0 Å². The van der Waals surface area contributed by atoms with Crippen molar-refractivity contribution in [3.8, 4) is 0 Å². The Bertz CT molecular complexity index is 936. The van der Waals surface area contributed by atoms with Crippen LogP contribution in [0.15, 0.2) is 39.8 Å². The molecule has 1 aliphatic carbocycles. The lowest BCUT2D eigenvalue weighted by Gasteiger charge is -2.11. The predicted molar refractivity (Wildman–Crippen MR) is 95.5 cm³/mol. The highest BCUT2D eigenvalue weighted by molar-refractivity contribution is 7.99. The number of carbonyl (C=O) groups is 1. The van der Waals surface area contributed by atoms with Crippen molar-refractivity contribution in [2.75, 3.05) is 0 Å². The second-order valence-electron chi connectivity index (χ2n) is 6.19. The van der Waals surface area contributed by atoms with Gasteiger partial charge in [-0.2, -0.15) is 0 Å². The molecule has 25 heavy (non-hydrogen) atoms. The summed E-state index contributed by atoms with van der Waals surface area (Å²) in [6.45, 7) is 3.75. The van der Waals surface area contributed by atoms with E-state index in [9.17, 15) is 4.79 Å². The van der Waals surface area contributed by atoms with Gasteiger partial charge in [-0.1, -0.05) is 30.0 Å². The van der Waals surface area contributed by atoms with Crippen LogP contribution in [0, 0.1) is 6.92 Å². The molecule has 3 aromatic rings. The van der Waals surface area contributed by atoms with Crippen LogP contribution in [0.3, 0.4) is 0 Å². The first-order chi connectivity index (χ1) is 12.1. The van der Waals surface area contributed by atoms with Gasteiger partial charge in [0, 0.05) is 18.4 Å². The molecule has 0 saturated heterocycles. The van der Waals surface area contributed by atoms with Gasteiger partial charge in [-0.3, -0.25) is 4.79 Å². The summed E-state index contributed by atoms with van der Waals surface area (Å²) in [5.41, 5.74) is 1.47. The summed E-state index contributed by atoms with van der Waals surface area (Å²) in [6.07, 6.45) is 2.12. The van der Waals surface area contributed by atoms with Crippen molar-refractivity contribution in [2.45, 2.75) is 43.0 Å². The molecule has 2 heterocycles. The number of carbonyl (C=O) groups excluding carboxylic acids is 1. The summed E-state index contributed by atoms with van der Waals surface area (Å²) in [5, 5.41) is 12.6. The molecule has 4 rings (SSSR count). The van der Waals surface area contributed by atoms with Crippen molar-refractivity contribution in [3.63, 3.8) is 0 Å². The van der Waals surface area contributed by atoms with Crippen molar-refractivity contribution in [3.05, 3.63) is 47.7 Å². The molecule has 1 saturated carbocycles. The van der Waals surface area contributed by atoms with Gasteiger partial charge in [0.15, 0.2) is 0 Å². The van der Waals surface area contributed by atoms with Crippen LogP contribution in [0.25, 0.3) is 10.9 Å². The molecular weight excluding hydrogens is 336 g/mol. The number of rotatable bonds is 5. The van der Waals surface area contributed by atoms with E-state index < -0.39 is 0 Å². The molecule has 1 amide bonds. The lowest BCUT2D eigenvalue weighted by molar-refractivity contribution is 0.0952. The molecule has 7 heteroatoms. The van der Waals surface area contributed by atoms with Crippen LogP contribution < -0.4 is 5.32 Å². The summed E-state index contributed by atoms with van der Waals surface area (Å²) in [7, 11) is 0. The van der Waals surface area contributed by atoms with Crippen LogP contribution in [0.4, 0.5) is 0 Å². The molecular formula is C18H18N4O2S. The number of benzene rings is 1. The third kappa shape index (κ3) is 3.51. The van der Waals surface area contributed by atoms with Gasteiger partial charge in [-0.25, -0.2) is 4.98 Å². The van der Waals surface area contributed by atoms with Crippen molar-refractivity contribution in [2.24, 2.45) is 0 Å². The summed E-state index contributed by atoms with van der Waals surface area (Å²) < 4.78 is 5.49. The summed E-state index contributed by atoms with van der Waals surface area (Å²) in [5.74, 6) is 1.06. The highest BCUT2D eigenvalue weighted by Crippen LogP contribution is 2.35. The Hall–Kier alpha value is -2.41. The van der Waals surface area contributed by atoms with Crippen LogP contribution in [-0.4, -0.2) is 27.1 Å². The van der Waals surface area contributed by atoms with Gasteiger partial charge in [0.05, 0.1) is 21.4 Å². The third-order valence-electron chi connectivity index (χ3n) is 4.04. The molecule has 1 unspecified atom stereocenters. The van der Waals surface area contributed by atoms with Crippen molar-refractivity contribution in [1.29, 1.82) is 0 Å². The molecule has 1 N–H and O–H groups in total. The molecule has 1 aliphatic rings. The zero-order valence-corrected chi connectivity index (χ0v) is 14.8. The predicted octanol–water partition coefficient (Wildman–Crippen LogP) is 3.67. The standard InChI is InChI=1S/C18H18N4O2S/c1-10(18-22-21-11(2)24-18)25-16-9-14(17(23)19-12-7-8-12)13-5-3-4-6-15(13)20-16/h3-6,9-10,12H,7-8H2,1-2H3,(H,19,23). The van der Waals surface area contributed by atoms with E-state index in [4.69, 9.17) is 4.42 Å². The monoisotopic (exact) mass is 354 g/mol. The Balaban J connectivity index is 1.67. The summed E-state index contributed by atoms with van der Waals surface area (Å²) in [4.78, 5) is 17.3. The summed E-state index contributed by atoms with van der Waals surface area (Å²) in [6, 6.07) is 9.88. The number of hydrogen-bond donors (Lipinski definition) is 1. The maximum absolute atomic E-state index is 12.6. The number of para-hydroxylation sites is 1. The first-order valence-corrected chi connectivity index (χ1v) is 9.15. The van der Waals surface area contributed by atoms with Crippen LogP contribution in [0.1, 0.15) is 47.2 Å². The normalized spacial score (nSPS) is 15.3. The molecule has 6 nitrogen and oxygen atoms in total. The van der Waals surface area contributed by atoms with E-state index in [1.165, 1.54) is 11.8 Å². The number of aryl methyl sites for hydroxylation is 1. The minimum Gasteiger partial charge on any atom is -0.424 e. The van der Waals surface area contributed by atoms with E-state index in [0.29, 0.717) is 23.4 Å². The number of aromatic nitrogens is 3. The van der Waals surface area contributed by atoms with Gasteiger partial charge in [0.2, 0.25) is 11.8 Å². The van der Waals surface area contributed by atoms with Crippen LogP contribution >= 0.6 is 11.8 Å². The SMILES string of the molecule is Cc1nnc(C(C)Sc2cc(C(=O)NC3CC3)c3ccccc3n2)o1. The van der Waals surface area contributed by atoms with Gasteiger partial charge in [-0.15, -0.1) is 10.2 Å². The Labute approximate surface area is 149 Å².